The van der Waals surface area contributed by atoms with Gasteiger partial charge in [-0.3, -0.25) is 4.79 Å². The molecule has 0 saturated heterocycles. The van der Waals surface area contributed by atoms with E-state index in [0.29, 0.717) is 5.56 Å². The first-order valence-corrected chi connectivity index (χ1v) is 4.45. The monoisotopic (exact) mass is 222 g/mol. The summed E-state index contributed by atoms with van der Waals surface area (Å²) in [4.78, 5) is 21.3. The average Bonchev–Trinajstić information content (AvgIpc) is 2.19. The Morgan fingerprint density at radius 2 is 1.88 bits per heavy atom. The van der Waals surface area contributed by atoms with E-state index in [1.165, 1.54) is 37.3 Å². The van der Waals surface area contributed by atoms with Gasteiger partial charge in [0.25, 0.3) is 0 Å². The summed E-state index contributed by atoms with van der Waals surface area (Å²) in [5, 5.41) is 12.7. The molecule has 0 saturated carbocycles. The lowest BCUT2D eigenvalue weighted by Crippen LogP contribution is -2.34. The van der Waals surface area contributed by atoms with Gasteiger partial charge in [0, 0.05) is 6.92 Å². The number of carbonyl (C=O) groups is 2. The van der Waals surface area contributed by atoms with Gasteiger partial charge in [0.2, 0.25) is 5.91 Å². The molecule has 1 aromatic carbocycles. The van der Waals surface area contributed by atoms with Crippen molar-refractivity contribution >= 4 is 18.0 Å². The number of rotatable bonds is 3. The summed E-state index contributed by atoms with van der Waals surface area (Å²) in [6.07, 6.45) is 1.19. The number of carboxylic acid groups (broad SMARTS) is 1. The molecule has 84 valence electrons. The summed E-state index contributed by atoms with van der Waals surface area (Å²) >= 11 is 0. The number of amides is 1. The third-order valence-corrected chi connectivity index (χ3v) is 1.71. The van der Waals surface area contributed by atoms with Gasteiger partial charge in [0.1, 0.15) is 5.82 Å². The number of hydrogen-bond donors (Lipinski definition) is 1. The number of aliphatic carboxylic acids is 1. The van der Waals surface area contributed by atoms with Crippen molar-refractivity contribution in [2.75, 3.05) is 0 Å². The number of hydrogen-bond acceptors (Lipinski definition) is 3. The summed E-state index contributed by atoms with van der Waals surface area (Å²) in [5.41, 5.74) is 0.0912. The first-order valence-electron chi connectivity index (χ1n) is 4.45. The Bertz CT molecular complexity index is 437. The molecule has 0 bridgehead atoms. The van der Waals surface area contributed by atoms with Crippen molar-refractivity contribution in [3.63, 3.8) is 0 Å². The van der Waals surface area contributed by atoms with Crippen LogP contribution in [0.25, 0.3) is 6.08 Å². The van der Waals surface area contributed by atoms with Gasteiger partial charge in [0.15, 0.2) is 0 Å². The number of benzene rings is 1. The maximum atomic E-state index is 12.6. The molecule has 0 heterocycles. The van der Waals surface area contributed by atoms with Crippen LogP contribution in [0.15, 0.2) is 30.0 Å². The SMILES string of the molecule is CC(=O)NC(=Cc1ccc(F)cc1)C(=O)[O-]. The molecule has 0 unspecified atom stereocenters. The van der Waals surface area contributed by atoms with Crippen molar-refractivity contribution < 1.29 is 19.1 Å². The highest BCUT2D eigenvalue weighted by molar-refractivity contribution is 5.95. The van der Waals surface area contributed by atoms with Gasteiger partial charge in [-0.2, -0.15) is 0 Å². The van der Waals surface area contributed by atoms with E-state index in [0.717, 1.165) is 0 Å². The van der Waals surface area contributed by atoms with Gasteiger partial charge in [-0.25, -0.2) is 4.39 Å². The smallest absolute Gasteiger partial charge is 0.221 e. The summed E-state index contributed by atoms with van der Waals surface area (Å²) in [6, 6.07) is 5.15. The summed E-state index contributed by atoms with van der Waals surface area (Å²) in [6.45, 7) is 1.18. The van der Waals surface area contributed by atoms with Crippen molar-refractivity contribution in [1.29, 1.82) is 0 Å². The molecule has 0 aliphatic rings. The van der Waals surface area contributed by atoms with E-state index in [1.54, 1.807) is 0 Å². The van der Waals surface area contributed by atoms with E-state index in [4.69, 9.17) is 0 Å². The van der Waals surface area contributed by atoms with E-state index in [9.17, 15) is 19.1 Å². The molecule has 1 N–H and O–H groups in total. The third-order valence-electron chi connectivity index (χ3n) is 1.71. The van der Waals surface area contributed by atoms with E-state index < -0.39 is 17.7 Å². The van der Waals surface area contributed by atoms with Crippen LogP contribution in [-0.2, 0) is 9.59 Å². The van der Waals surface area contributed by atoms with Crippen molar-refractivity contribution in [2.24, 2.45) is 0 Å². The largest absolute Gasteiger partial charge is 0.543 e. The van der Waals surface area contributed by atoms with Gasteiger partial charge in [-0.1, -0.05) is 12.1 Å². The zero-order valence-electron chi connectivity index (χ0n) is 8.49. The number of nitrogens with one attached hydrogen (secondary N) is 1. The van der Waals surface area contributed by atoms with Crippen LogP contribution in [0.2, 0.25) is 0 Å². The molecular weight excluding hydrogens is 213 g/mol. The van der Waals surface area contributed by atoms with E-state index in [-0.39, 0.29) is 5.70 Å². The predicted molar refractivity (Wildman–Crippen MR) is 53.2 cm³/mol. The topological polar surface area (TPSA) is 69.2 Å². The Hall–Kier alpha value is -2.17. The normalized spacial score (nSPS) is 11.0. The summed E-state index contributed by atoms with van der Waals surface area (Å²) in [5.74, 6) is -2.44. The second-order valence-corrected chi connectivity index (χ2v) is 3.08. The molecule has 0 fully saturated rings. The molecule has 1 amide bonds. The molecule has 0 spiro atoms. The zero-order valence-corrected chi connectivity index (χ0v) is 8.49. The highest BCUT2D eigenvalue weighted by atomic mass is 19.1. The Labute approximate surface area is 91.4 Å². The molecule has 0 radical (unpaired) electrons. The Morgan fingerprint density at radius 1 is 1.31 bits per heavy atom. The second kappa shape index (κ2) is 5.06. The maximum Gasteiger partial charge on any atom is 0.221 e. The Morgan fingerprint density at radius 3 is 2.31 bits per heavy atom. The van der Waals surface area contributed by atoms with Crippen molar-refractivity contribution in [3.05, 3.63) is 41.3 Å². The second-order valence-electron chi connectivity index (χ2n) is 3.08. The Balaban J connectivity index is 2.97. The van der Waals surface area contributed by atoms with Crippen LogP contribution >= 0.6 is 0 Å². The van der Waals surface area contributed by atoms with Crippen LogP contribution < -0.4 is 10.4 Å². The summed E-state index contributed by atoms with van der Waals surface area (Å²) in [7, 11) is 0. The van der Waals surface area contributed by atoms with E-state index in [1.807, 2.05) is 0 Å². The first-order chi connectivity index (χ1) is 7.49. The highest BCUT2D eigenvalue weighted by Crippen LogP contribution is 2.06. The molecule has 0 atom stereocenters. The van der Waals surface area contributed by atoms with E-state index >= 15 is 0 Å². The average molecular weight is 222 g/mol. The fraction of sp³-hybridized carbons (Fsp3) is 0.0909. The van der Waals surface area contributed by atoms with Crippen molar-refractivity contribution in [1.82, 2.24) is 5.32 Å². The van der Waals surface area contributed by atoms with Gasteiger partial charge in [0.05, 0.1) is 11.7 Å². The highest BCUT2D eigenvalue weighted by Gasteiger charge is 2.01. The molecule has 0 aliphatic heterocycles. The van der Waals surface area contributed by atoms with Gasteiger partial charge < -0.3 is 15.2 Å². The third kappa shape index (κ3) is 3.53. The number of carbonyl (C=O) groups excluding carboxylic acids is 2. The first kappa shape index (κ1) is 11.9. The number of carboxylic acids is 1. The summed E-state index contributed by atoms with van der Waals surface area (Å²) < 4.78 is 12.6. The van der Waals surface area contributed by atoms with Crippen LogP contribution in [-0.4, -0.2) is 11.9 Å². The van der Waals surface area contributed by atoms with Crippen molar-refractivity contribution in [3.8, 4) is 0 Å². The molecule has 5 heteroatoms. The molecule has 0 aliphatic carbocycles. The quantitative estimate of drug-likeness (QED) is 0.735. The van der Waals surface area contributed by atoms with E-state index in [2.05, 4.69) is 5.32 Å². The molecule has 0 aromatic heterocycles. The molecule has 1 rings (SSSR count). The van der Waals surface area contributed by atoms with Gasteiger partial charge >= 0.3 is 0 Å². The lowest BCUT2D eigenvalue weighted by molar-refractivity contribution is -0.299. The van der Waals surface area contributed by atoms with Crippen LogP contribution in [0.3, 0.4) is 0 Å². The van der Waals surface area contributed by atoms with Crippen LogP contribution in [0.1, 0.15) is 12.5 Å². The fourth-order valence-corrected chi connectivity index (χ4v) is 1.06. The zero-order chi connectivity index (χ0) is 12.1. The molecule has 1 aromatic rings. The van der Waals surface area contributed by atoms with Crippen LogP contribution in [0, 0.1) is 5.82 Å². The van der Waals surface area contributed by atoms with Crippen LogP contribution in [0.4, 0.5) is 4.39 Å². The molecule has 4 nitrogen and oxygen atoms in total. The van der Waals surface area contributed by atoms with Crippen molar-refractivity contribution in [2.45, 2.75) is 6.92 Å². The van der Waals surface area contributed by atoms with Crippen LogP contribution in [0.5, 0.6) is 0 Å². The minimum Gasteiger partial charge on any atom is -0.543 e. The van der Waals surface area contributed by atoms with Gasteiger partial charge in [-0.05, 0) is 23.8 Å². The van der Waals surface area contributed by atoms with Gasteiger partial charge in [-0.15, -0.1) is 0 Å². The standard InChI is InChI=1S/C11H10FNO3/c1-7(14)13-10(11(15)16)6-8-2-4-9(12)5-3-8/h2-6H,1H3,(H,13,14)(H,15,16)/p-1. The number of halogens is 1. The fourth-order valence-electron chi connectivity index (χ4n) is 1.06. The minimum atomic E-state index is -1.50. The minimum absolute atomic E-state index is 0.362. The maximum absolute atomic E-state index is 12.6. The predicted octanol–water partition coefficient (Wildman–Crippen LogP) is 0.0526. The lowest BCUT2D eigenvalue weighted by Gasteiger charge is -2.08. The lowest BCUT2D eigenvalue weighted by atomic mass is 10.2. The molecule has 16 heavy (non-hydrogen) atoms. The molecular formula is C11H9FNO3-. The Kier molecular flexibility index (Phi) is 3.77.